The molecule has 0 saturated heterocycles. The van der Waals surface area contributed by atoms with Crippen LogP contribution in [0.5, 0.6) is 5.75 Å². The van der Waals surface area contributed by atoms with E-state index in [-0.39, 0.29) is 36.1 Å². The molecule has 8 nitrogen and oxygen atoms in total. The lowest BCUT2D eigenvalue weighted by Gasteiger charge is -2.30. The van der Waals surface area contributed by atoms with Gasteiger partial charge in [0.25, 0.3) is 0 Å². The van der Waals surface area contributed by atoms with Gasteiger partial charge >= 0.3 is 12.0 Å². The van der Waals surface area contributed by atoms with Crippen molar-refractivity contribution in [2.24, 2.45) is 5.41 Å². The second kappa shape index (κ2) is 11.6. The Hall–Kier alpha value is -4.33. The van der Waals surface area contributed by atoms with Crippen LogP contribution >= 0.6 is 0 Å². The van der Waals surface area contributed by atoms with E-state index in [1.165, 1.54) is 7.11 Å². The van der Waals surface area contributed by atoms with E-state index in [0.717, 1.165) is 28.8 Å². The van der Waals surface area contributed by atoms with Crippen LogP contribution in [-0.2, 0) is 22.4 Å². The predicted molar refractivity (Wildman–Crippen MR) is 153 cm³/mol. The Kier molecular flexibility index (Phi) is 8.24. The van der Waals surface area contributed by atoms with Crippen molar-refractivity contribution in [2.75, 3.05) is 29.2 Å². The van der Waals surface area contributed by atoms with E-state index in [9.17, 15) is 19.5 Å². The largest absolute Gasteiger partial charge is 0.495 e. The fourth-order valence-electron chi connectivity index (χ4n) is 4.97. The van der Waals surface area contributed by atoms with Gasteiger partial charge in [-0.15, -0.1) is 0 Å². The summed E-state index contributed by atoms with van der Waals surface area (Å²) in [5.74, 6) is -0.716. The second-order valence-corrected chi connectivity index (χ2v) is 10.9. The monoisotopic (exact) mass is 529 g/mol. The van der Waals surface area contributed by atoms with Crippen LogP contribution in [-0.4, -0.2) is 36.7 Å². The summed E-state index contributed by atoms with van der Waals surface area (Å²) in [5, 5.41) is 15.1. The van der Waals surface area contributed by atoms with Crippen molar-refractivity contribution in [3.8, 4) is 5.75 Å². The van der Waals surface area contributed by atoms with E-state index in [1.54, 1.807) is 35.2 Å². The number of carboxylic acid groups (broad SMARTS) is 1. The van der Waals surface area contributed by atoms with Gasteiger partial charge in [0.05, 0.1) is 25.6 Å². The molecule has 3 N–H and O–H groups in total. The van der Waals surface area contributed by atoms with Crippen LogP contribution in [0.25, 0.3) is 0 Å². The molecule has 0 radical (unpaired) electrons. The molecule has 3 aromatic rings. The van der Waals surface area contributed by atoms with E-state index < -0.39 is 5.97 Å². The fraction of sp³-hybridized carbons (Fsp3) is 0.323. The molecule has 0 aliphatic carbocycles. The number of amides is 3. The third-order valence-electron chi connectivity index (χ3n) is 7.03. The molecule has 0 fully saturated rings. The van der Waals surface area contributed by atoms with Gasteiger partial charge in [-0.1, -0.05) is 57.2 Å². The third kappa shape index (κ3) is 6.76. The van der Waals surface area contributed by atoms with Gasteiger partial charge in [0.2, 0.25) is 5.91 Å². The van der Waals surface area contributed by atoms with Gasteiger partial charge in [0, 0.05) is 17.9 Å². The number of hydrogen-bond donors (Lipinski definition) is 3. The lowest BCUT2D eigenvalue weighted by molar-refractivity contribution is -0.138. The normalized spacial score (nSPS) is 13.4. The number of carbonyl (C=O) groups is 3. The molecule has 1 atom stereocenters. The van der Waals surface area contributed by atoms with Gasteiger partial charge in [-0.05, 0) is 64.8 Å². The number of benzene rings is 3. The number of carbonyl (C=O) groups excluding carboxylic acids is 2. The lowest BCUT2D eigenvalue weighted by Crippen LogP contribution is -2.33. The van der Waals surface area contributed by atoms with E-state index in [2.05, 4.69) is 10.6 Å². The highest BCUT2D eigenvalue weighted by atomic mass is 16.5. The van der Waals surface area contributed by atoms with Crippen LogP contribution in [0.2, 0.25) is 0 Å². The number of anilines is 3. The minimum absolute atomic E-state index is 0.0405. The average molecular weight is 530 g/mol. The van der Waals surface area contributed by atoms with Crippen molar-refractivity contribution in [1.29, 1.82) is 0 Å². The van der Waals surface area contributed by atoms with Crippen molar-refractivity contribution < 1.29 is 24.2 Å². The zero-order valence-electron chi connectivity index (χ0n) is 22.8. The smallest absolute Gasteiger partial charge is 0.326 e. The van der Waals surface area contributed by atoms with Crippen molar-refractivity contribution in [3.63, 3.8) is 0 Å². The number of fused-ring (bicyclic) bond motifs is 1. The number of methoxy groups -OCH3 is 1. The van der Waals surface area contributed by atoms with Crippen molar-refractivity contribution in [3.05, 3.63) is 83.4 Å². The Bertz CT molecular complexity index is 1360. The molecule has 8 heteroatoms. The minimum Gasteiger partial charge on any atom is -0.495 e. The number of aliphatic carboxylic acids is 1. The van der Waals surface area contributed by atoms with Crippen LogP contribution in [0.4, 0.5) is 21.9 Å². The van der Waals surface area contributed by atoms with E-state index >= 15 is 0 Å². The van der Waals surface area contributed by atoms with Gasteiger partial charge < -0.3 is 20.5 Å². The number of nitrogens with zero attached hydrogens (tertiary/aromatic N) is 1. The zero-order valence-corrected chi connectivity index (χ0v) is 22.8. The number of carboxylic acids is 1. The van der Waals surface area contributed by atoms with E-state index in [4.69, 9.17) is 4.74 Å². The summed E-state index contributed by atoms with van der Waals surface area (Å²) in [4.78, 5) is 38.8. The molecule has 0 bridgehead atoms. The molecule has 1 aliphatic rings. The Balaban J connectivity index is 1.38. The van der Waals surface area contributed by atoms with Crippen molar-refractivity contribution in [2.45, 2.75) is 46.0 Å². The van der Waals surface area contributed by atoms with Gasteiger partial charge in [-0.3, -0.25) is 14.5 Å². The summed E-state index contributed by atoms with van der Waals surface area (Å²) in [6, 6.07) is 20.2. The molecular formula is C31H35N3O5. The Morgan fingerprint density at radius 2 is 1.72 bits per heavy atom. The molecule has 1 unspecified atom stereocenters. The third-order valence-corrected chi connectivity index (χ3v) is 7.03. The summed E-state index contributed by atoms with van der Waals surface area (Å²) < 4.78 is 5.50. The summed E-state index contributed by atoms with van der Waals surface area (Å²) >= 11 is 0. The van der Waals surface area contributed by atoms with Crippen LogP contribution in [0.15, 0.2) is 66.7 Å². The Morgan fingerprint density at radius 1 is 1.00 bits per heavy atom. The van der Waals surface area contributed by atoms with Crippen LogP contribution in [0.3, 0.4) is 0 Å². The first kappa shape index (κ1) is 27.7. The molecule has 0 spiro atoms. The van der Waals surface area contributed by atoms with Crippen molar-refractivity contribution >= 4 is 35.0 Å². The maximum Gasteiger partial charge on any atom is 0.326 e. The zero-order chi connectivity index (χ0) is 28.2. The molecule has 39 heavy (non-hydrogen) atoms. The summed E-state index contributed by atoms with van der Waals surface area (Å²) in [5.41, 5.74) is 4.65. The first-order valence-corrected chi connectivity index (χ1v) is 13.0. The highest BCUT2D eigenvalue weighted by Crippen LogP contribution is 2.38. The van der Waals surface area contributed by atoms with Crippen LogP contribution in [0, 0.1) is 5.41 Å². The summed E-state index contributed by atoms with van der Waals surface area (Å²) in [6.45, 7) is 6.68. The van der Waals surface area contributed by atoms with Gasteiger partial charge in [-0.2, -0.15) is 0 Å². The maximum atomic E-state index is 13.0. The molecule has 3 amide bonds. The summed E-state index contributed by atoms with van der Waals surface area (Å²) in [6.07, 6.45) is 0.977. The van der Waals surface area contributed by atoms with Gasteiger partial charge in [0.1, 0.15) is 5.75 Å². The Labute approximate surface area is 229 Å². The number of hydrogen-bond acceptors (Lipinski definition) is 4. The van der Waals surface area contributed by atoms with E-state index in [1.807, 2.05) is 57.2 Å². The standard InChI is InChI=1S/C31H35N3O5/c1-31(2,3)24(19-29(36)37)21-10-12-23(13-11-21)32-28(35)18-20-9-14-25(27(17-20)39-4)33-30(38)34-16-15-22-7-5-6-8-26(22)34/h5-14,17,24H,15-16,18-19H2,1-4H3,(H,32,35)(H,33,38)(H,36,37). The van der Waals surface area contributed by atoms with Crippen LogP contribution < -0.4 is 20.3 Å². The quantitative estimate of drug-likeness (QED) is 0.328. The lowest BCUT2D eigenvalue weighted by atomic mass is 9.74. The predicted octanol–water partition coefficient (Wildman–Crippen LogP) is 6.08. The van der Waals surface area contributed by atoms with Gasteiger partial charge in [0.15, 0.2) is 0 Å². The average Bonchev–Trinajstić information content (AvgIpc) is 3.32. The topological polar surface area (TPSA) is 108 Å². The first-order valence-electron chi connectivity index (χ1n) is 13.0. The molecule has 1 heterocycles. The second-order valence-electron chi connectivity index (χ2n) is 10.9. The molecule has 0 aromatic heterocycles. The van der Waals surface area contributed by atoms with Crippen LogP contribution in [0.1, 0.15) is 49.8 Å². The first-order chi connectivity index (χ1) is 18.5. The molecule has 4 rings (SSSR count). The number of ether oxygens (including phenoxy) is 1. The number of nitrogens with one attached hydrogen (secondary N) is 2. The Morgan fingerprint density at radius 3 is 2.38 bits per heavy atom. The fourth-order valence-corrected chi connectivity index (χ4v) is 4.97. The maximum absolute atomic E-state index is 13.0. The molecule has 1 aliphatic heterocycles. The highest BCUT2D eigenvalue weighted by Gasteiger charge is 2.28. The van der Waals surface area contributed by atoms with Gasteiger partial charge in [-0.25, -0.2) is 4.79 Å². The minimum atomic E-state index is -0.838. The molecule has 0 saturated carbocycles. The SMILES string of the molecule is COc1cc(CC(=O)Nc2ccc(C(CC(=O)O)C(C)(C)C)cc2)ccc1NC(=O)N1CCc2ccccc21. The van der Waals surface area contributed by atoms with E-state index in [0.29, 0.717) is 23.7 Å². The molecule has 204 valence electrons. The number of urea groups is 1. The molecule has 3 aromatic carbocycles. The van der Waals surface area contributed by atoms with Crippen molar-refractivity contribution in [1.82, 2.24) is 0 Å². The number of rotatable bonds is 8. The summed E-state index contributed by atoms with van der Waals surface area (Å²) in [7, 11) is 1.52. The number of para-hydroxylation sites is 1. The molecular weight excluding hydrogens is 494 g/mol. The highest BCUT2D eigenvalue weighted by molar-refractivity contribution is 6.04.